The first-order valence-corrected chi connectivity index (χ1v) is 6.81. The van der Waals surface area contributed by atoms with Crippen molar-refractivity contribution in [1.29, 1.82) is 0 Å². The summed E-state index contributed by atoms with van der Waals surface area (Å²) < 4.78 is 0. The van der Waals surface area contributed by atoms with Crippen molar-refractivity contribution < 1.29 is 9.90 Å². The van der Waals surface area contributed by atoms with Crippen molar-refractivity contribution in [2.75, 3.05) is 13.1 Å². The minimum Gasteiger partial charge on any atom is -0.481 e. The van der Waals surface area contributed by atoms with E-state index in [0.29, 0.717) is 11.7 Å². The van der Waals surface area contributed by atoms with Gasteiger partial charge in [0.05, 0.1) is 0 Å². The second kappa shape index (κ2) is 6.07. The third kappa shape index (κ3) is 3.75. The van der Waals surface area contributed by atoms with Crippen LogP contribution in [0, 0.1) is 0 Å². The second-order valence-corrected chi connectivity index (χ2v) is 5.60. The zero-order valence-corrected chi connectivity index (χ0v) is 10.5. The molecule has 1 atom stereocenters. The molecule has 1 aromatic rings. The summed E-state index contributed by atoms with van der Waals surface area (Å²) in [5.41, 5.74) is 1.44. The van der Waals surface area contributed by atoms with E-state index in [4.69, 9.17) is 5.11 Å². The molecule has 17 heavy (non-hydrogen) atoms. The first-order chi connectivity index (χ1) is 8.25. The average Bonchev–Trinajstić information content (AvgIpc) is 2.70. The molecular weight excluding hydrogens is 234 g/mol. The van der Waals surface area contributed by atoms with Crippen LogP contribution in [0.3, 0.4) is 0 Å². The predicted octanol–water partition coefficient (Wildman–Crippen LogP) is 2.16. The standard InChI is InChI=1S/C13H17NO2S/c15-13(16)6-3-7-14-9-11-8-10-4-1-2-5-12(10)17-11/h1-2,4-5,11,14H,3,6-9H2,(H,15,16). The highest BCUT2D eigenvalue weighted by Crippen LogP contribution is 2.36. The maximum atomic E-state index is 10.3. The Labute approximate surface area is 106 Å². The molecule has 2 rings (SSSR count). The number of carbonyl (C=O) groups is 1. The van der Waals surface area contributed by atoms with Gasteiger partial charge in [-0.1, -0.05) is 18.2 Å². The van der Waals surface area contributed by atoms with Gasteiger partial charge in [-0.15, -0.1) is 11.8 Å². The Morgan fingerprint density at radius 3 is 3.06 bits per heavy atom. The van der Waals surface area contributed by atoms with E-state index in [-0.39, 0.29) is 6.42 Å². The third-order valence-electron chi connectivity index (χ3n) is 2.83. The van der Waals surface area contributed by atoms with Crippen LogP contribution < -0.4 is 5.32 Å². The van der Waals surface area contributed by atoms with E-state index >= 15 is 0 Å². The molecule has 0 radical (unpaired) electrons. The van der Waals surface area contributed by atoms with Gasteiger partial charge in [-0.2, -0.15) is 0 Å². The van der Waals surface area contributed by atoms with E-state index < -0.39 is 5.97 Å². The summed E-state index contributed by atoms with van der Waals surface area (Å²) in [6.45, 7) is 1.75. The van der Waals surface area contributed by atoms with E-state index in [2.05, 4.69) is 29.6 Å². The minimum atomic E-state index is -0.713. The number of benzene rings is 1. The molecule has 1 aliphatic rings. The molecule has 1 heterocycles. The Morgan fingerprint density at radius 1 is 1.47 bits per heavy atom. The molecule has 0 spiro atoms. The van der Waals surface area contributed by atoms with E-state index in [9.17, 15) is 4.79 Å². The summed E-state index contributed by atoms with van der Waals surface area (Å²) in [7, 11) is 0. The number of thioether (sulfide) groups is 1. The molecule has 1 aliphatic heterocycles. The van der Waals surface area contributed by atoms with Crippen molar-refractivity contribution in [2.24, 2.45) is 0 Å². The topological polar surface area (TPSA) is 49.3 Å². The maximum Gasteiger partial charge on any atom is 0.303 e. The summed E-state index contributed by atoms with van der Waals surface area (Å²) in [6.07, 6.45) is 2.08. The van der Waals surface area contributed by atoms with Gasteiger partial charge in [0.2, 0.25) is 0 Å². The lowest BCUT2D eigenvalue weighted by Gasteiger charge is -2.09. The number of fused-ring (bicyclic) bond motifs is 1. The first-order valence-electron chi connectivity index (χ1n) is 5.93. The molecule has 0 amide bonds. The third-order valence-corrected chi connectivity index (χ3v) is 4.15. The van der Waals surface area contributed by atoms with Gasteiger partial charge in [-0.05, 0) is 31.0 Å². The van der Waals surface area contributed by atoms with Gasteiger partial charge >= 0.3 is 5.97 Å². The Hall–Kier alpha value is -1.00. The molecule has 2 N–H and O–H groups in total. The number of aliphatic carboxylic acids is 1. The van der Waals surface area contributed by atoms with Crippen LogP contribution >= 0.6 is 11.8 Å². The number of carboxylic acids is 1. The summed E-state index contributed by atoms with van der Waals surface area (Å²) in [6, 6.07) is 8.52. The predicted molar refractivity (Wildman–Crippen MR) is 69.5 cm³/mol. The maximum absolute atomic E-state index is 10.3. The quantitative estimate of drug-likeness (QED) is 0.761. The molecule has 92 valence electrons. The van der Waals surface area contributed by atoms with Gasteiger partial charge in [-0.25, -0.2) is 0 Å². The van der Waals surface area contributed by atoms with Crippen molar-refractivity contribution in [3.8, 4) is 0 Å². The molecule has 0 saturated heterocycles. The Bertz CT molecular complexity index is 370. The Balaban J connectivity index is 1.65. The van der Waals surface area contributed by atoms with Gasteiger partial charge in [0, 0.05) is 23.1 Å². The molecule has 0 fully saturated rings. The van der Waals surface area contributed by atoms with Crippen LogP contribution in [0.1, 0.15) is 18.4 Å². The Kier molecular flexibility index (Phi) is 4.45. The van der Waals surface area contributed by atoms with Gasteiger partial charge in [-0.3, -0.25) is 4.79 Å². The van der Waals surface area contributed by atoms with E-state index in [1.54, 1.807) is 0 Å². The Morgan fingerprint density at radius 2 is 2.29 bits per heavy atom. The van der Waals surface area contributed by atoms with Crippen LogP contribution in [0.2, 0.25) is 0 Å². The molecule has 3 nitrogen and oxygen atoms in total. The molecule has 1 unspecified atom stereocenters. The minimum absolute atomic E-state index is 0.255. The highest BCUT2D eigenvalue weighted by atomic mass is 32.2. The fourth-order valence-electron chi connectivity index (χ4n) is 2.00. The van der Waals surface area contributed by atoms with Crippen LogP contribution in [0.15, 0.2) is 29.2 Å². The zero-order chi connectivity index (χ0) is 12.1. The smallest absolute Gasteiger partial charge is 0.303 e. The van der Waals surface area contributed by atoms with Crippen LogP contribution in [0.4, 0.5) is 0 Å². The molecular formula is C13H17NO2S. The fraction of sp³-hybridized carbons (Fsp3) is 0.462. The molecule has 0 bridgehead atoms. The number of hydrogen-bond acceptors (Lipinski definition) is 3. The monoisotopic (exact) mass is 251 g/mol. The molecule has 0 saturated carbocycles. The first kappa shape index (κ1) is 12.5. The van der Waals surface area contributed by atoms with Gasteiger partial charge in [0.15, 0.2) is 0 Å². The second-order valence-electron chi connectivity index (χ2n) is 4.25. The van der Waals surface area contributed by atoms with Gasteiger partial charge in [0.25, 0.3) is 0 Å². The van der Waals surface area contributed by atoms with Crippen LogP contribution in [-0.2, 0) is 11.2 Å². The van der Waals surface area contributed by atoms with Gasteiger partial charge in [0.1, 0.15) is 0 Å². The summed E-state index contributed by atoms with van der Waals surface area (Å²) in [4.78, 5) is 11.7. The van der Waals surface area contributed by atoms with Gasteiger partial charge < -0.3 is 10.4 Å². The fourth-order valence-corrected chi connectivity index (χ4v) is 3.28. The van der Waals surface area contributed by atoms with Crippen molar-refractivity contribution >= 4 is 17.7 Å². The highest BCUT2D eigenvalue weighted by Gasteiger charge is 2.20. The number of rotatable bonds is 6. The number of nitrogens with one attached hydrogen (secondary N) is 1. The normalized spacial score (nSPS) is 18.0. The van der Waals surface area contributed by atoms with Crippen molar-refractivity contribution in [3.05, 3.63) is 29.8 Å². The van der Waals surface area contributed by atoms with E-state index in [1.165, 1.54) is 10.5 Å². The lowest BCUT2D eigenvalue weighted by Crippen LogP contribution is -2.25. The number of carboxylic acid groups (broad SMARTS) is 1. The number of hydrogen-bond donors (Lipinski definition) is 2. The van der Waals surface area contributed by atoms with Crippen LogP contribution in [-0.4, -0.2) is 29.4 Å². The highest BCUT2D eigenvalue weighted by molar-refractivity contribution is 8.00. The summed E-state index contributed by atoms with van der Waals surface area (Å²) in [5.74, 6) is -0.713. The lowest BCUT2D eigenvalue weighted by atomic mass is 10.1. The van der Waals surface area contributed by atoms with Crippen molar-refractivity contribution in [2.45, 2.75) is 29.4 Å². The summed E-state index contributed by atoms with van der Waals surface area (Å²) in [5, 5.41) is 12.4. The molecule has 4 heteroatoms. The molecule has 0 aromatic heterocycles. The largest absolute Gasteiger partial charge is 0.481 e. The average molecular weight is 251 g/mol. The van der Waals surface area contributed by atoms with E-state index in [1.807, 2.05) is 11.8 Å². The SMILES string of the molecule is O=C(O)CCCNCC1Cc2ccccc2S1. The zero-order valence-electron chi connectivity index (χ0n) is 9.69. The van der Waals surface area contributed by atoms with Crippen LogP contribution in [0.25, 0.3) is 0 Å². The van der Waals surface area contributed by atoms with Crippen molar-refractivity contribution in [3.63, 3.8) is 0 Å². The van der Waals surface area contributed by atoms with Crippen molar-refractivity contribution in [1.82, 2.24) is 5.32 Å². The summed E-state index contributed by atoms with van der Waals surface area (Å²) >= 11 is 1.92. The van der Waals surface area contributed by atoms with E-state index in [0.717, 1.165) is 19.5 Å². The molecule has 1 aromatic carbocycles. The lowest BCUT2D eigenvalue weighted by molar-refractivity contribution is -0.137. The molecule has 0 aliphatic carbocycles. The van der Waals surface area contributed by atoms with Crippen LogP contribution in [0.5, 0.6) is 0 Å².